The molecule has 0 rings (SSSR count). The highest BCUT2D eigenvalue weighted by Crippen LogP contribution is 2.14. The summed E-state index contributed by atoms with van der Waals surface area (Å²) in [6.07, 6.45) is 35.3. The number of nitrogens with zero attached hydrogens (tertiary/aromatic N) is 1. The van der Waals surface area contributed by atoms with Gasteiger partial charge in [-0.25, -0.2) is 0 Å². The van der Waals surface area contributed by atoms with E-state index in [1.807, 2.05) is 0 Å². The third kappa shape index (κ3) is 45.3. The van der Waals surface area contributed by atoms with Gasteiger partial charge in [0.05, 0.1) is 26.1 Å². The van der Waals surface area contributed by atoms with Crippen molar-refractivity contribution in [1.82, 2.24) is 4.90 Å². The third-order valence-electron chi connectivity index (χ3n) is 11.5. The van der Waals surface area contributed by atoms with Gasteiger partial charge in [0.25, 0.3) is 0 Å². The molecule has 0 amide bonds. The Morgan fingerprint density at radius 1 is 0.371 bits per heavy atom. The normalized spacial score (nSPS) is 11.7. The number of carbonyl (C=O) groups is 2. The fourth-order valence-electron chi connectivity index (χ4n) is 7.46. The average Bonchev–Trinajstić information content (AvgIpc) is 3.27. The Hall–Kier alpha value is -1.30. The van der Waals surface area contributed by atoms with Crippen LogP contribution in [-0.4, -0.2) is 100 Å². The molecule has 0 radical (unpaired) electrons. The minimum Gasteiger partial charge on any atom is -0.466 e. The van der Waals surface area contributed by atoms with E-state index in [0.717, 1.165) is 83.8 Å². The van der Waals surface area contributed by atoms with E-state index in [1.165, 1.54) is 128 Å². The minimum atomic E-state index is -0.316. The van der Waals surface area contributed by atoms with E-state index in [0.29, 0.717) is 65.3 Å². The van der Waals surface area contributed by atoms with E-state index < -0.39 is 0 Å². The van der Waals surface area contributed by atoms with Crippen LogP contribution in [0.3, 0.4) is 0 Å². The first-order chi connectivity index (χ1) is 30.5. The molecule has 0 bridgehead atoms. The van der Waals surface area contributed by atoms with Crippen LogP contribution in [0.1, 0.15) is 246 Å². The van der Waals surface area contributed by atoms with Crippen molar-refractivity contribution in [2.45, 2.75) is 259 Å². The zero-order chi connectivity index (χ0) is 45.2. The summed E-state index contributed by atoms with van der Waals surface area (Å²) in [6, 6.07) is 0. The number of carbonyl (C=O) groups excluding carboxylic acids is 2. The van der Waals surface area contributed by atoms with Crippen LogP contribution in [0.2, 0.25) is 0 Å². The van der Waals surface area contributed by atoms with Gasteiger partial charge < -0.3 is 38.4 Å². The maximum absolute atomic E-state index is 12.4. The van der Waals surface area contributed by atoms with Gasteiger partial charge in [-0.05, 0) is 83.8 Å². The summed E-state index contributed by atoms with van der Waals surface area (Å²) >= 11 is 0. The van der Waals surface area contributed by atoms with Gasteiger partial charge in [0.1, 0.15) is 0 Å². The van der Waals surface area contributed by atoms with Crippen molar-refractivity contribution in [3.63, 3.8) is 0 Å². The quantitative estimate of drug-likeness (QED) is 0.0360. The number of ether oxygens (including phenoxy) is 6. The monoisotopic (exact) mass is 886 g/mol. The van der Waals surface area contributed by atoms with Crippen molar-refractivity contribution in [1.29, 1.82) is 0 Å². The van der Waals surface area contributed by atoms with Gasteiger partial charge in [0, 0.05) is 45.9 Å². The van der Waals surface area contributed by atoms with Crippen LogP contribution < -0.4 is 0 Å². The number of aliphatic hydroxyl groups is 1. The lowest BCUT2D eigenvalue weighted by atomic mass is 10.1. The fourth-order valence-corrected chi connectivity index (χ4v) is 7.46. The standard InChI is InChI=1S/C52H103NO9/c1-5-9-13-29-45-59-51(60-46-30-14-10-6-2)37-35-49(55)57-43-33-23-19-17-21-25-39-53(41-27-28-42-54)40-26-22-18-20-24-34-44-58-50(56)36-38-52(61-47-31-15-11-7-3)62-48-32-16-12-8-4/h51-52,54H,5-48H2,1-4H3. The maximum Gasteiger partial charge on any atom is 0.305 e. The SMILES string of the molecule is CCCCCCOC(CCC(=O)OCCCCCCCCN(CCCCO)CCCCCCCCOC(=O)CCC(OCCCCCC)OCCCCCC)OCCCCCC. The second-order valence-electron chi connectivity index (χ2n) is 17.6. The largest absolute Gasteiger partial charge is 0.466 e. The highest BCUT2D eigenvalue weighted by molar-refractivity contribution is 5.69. The third-order valence-corrected chi connectivity index (χ3v) is 11.5. The molecular weight excluding hydrogens is 783 g/mol. The summed E-state index contributed by atoms with van der Waals surface area (Å²) < 4.78 is 35.1. The van der Waals surface area contributed by atoms with Gasteiger partial charge in [-0.15, -0.1) is 0 Å². The Morgan fingerprint density at radius 3 is 0.968 bits per heavy atom. The van der Waals surface area contributed by atoms with Crippen LogP contribution in [0.25, 0.3) is 0 Å². The number of unbranched alkanes of at least 4 members (excludes halogenated alkanes) is 23. The Balaban J connectivity index is 4.10. The number of esters is 2. The number of hydrogen-bond donors (Lipinski definition) is 1. The van der Waals surface area contributed by atoms with E-state index in [4.69, 9.17) is 28.4 Å². The second-order valence-corrected chi connectivity index (χ2v) is 17.6. The molecule has 0 aliphatic rings. The van der Waals surface area contributed by atoms with Crippen molar-refractivity contribution in [2.24, 2.45) is 0 Å². The first kappa shape index (κ1) is 60.7. The topological polar surface area (TPSA) is 113 Å². The van der Waals surface area contributed by atoms with E-state index in [1.54, 1.807) is 0 Å². The molecule has 0 heterocycles. The molecule has 0 atom stereocenters. The van der Waals surface area contributed by atoms with Crippen LogP contribution >= 0.6 is 0 Å². The Morgan fingerprint density at radius 2 is 0.645 bits per heavy atom. The van der Waals surface area contributed by atoms with Crippen molar-refractivity contribution in [3.8, 4) is 0 Å². The lowest BCUT2D eigenvalue weighted by Gasteiger charge is -2.22. The van der Waals surface area contributed by atoms with E-state index >= 15 is 0 Å². The predicted molar refractivity (Wildman–Crippen MR) is 257 cm³/mol. The van der Waals surface area contributed by atoms with Crippen LogP contribution in [0.4, 0.5) is 0 Å². The highest BCUT2D eigenvalue weighted by Gasteiger charge is 2.15. The summed E-state index contributed by atoms with van der Waals surface area (Å²) in [5.41, 5.74) is 0. The first-order valence-electron chi connectivity index (χ1n) is 26.6. The molecule has 0 aromatic heterocycles. The smallest absolute Gasteiger partial charge is 0.305 e. The molecule has 0 saturated heterocycles. The molecule has 0 fully saturated rings. The molecule has 10 heteroatoms. The Bertz CT molecular complexity index is 815. The number of aliphatic hydroxyl groups excluding tert-OH is 1. The van der Waals surface area contributed by atoms with Crippen molar-refractivity contribution < 1.29 is 43.1 Å². The second kappa shape index (κ2) is 50.7. The summed E-state index contributed by atoms with van der Waals surface area (Å²) in [5, 5.41) is 9.31. The summed E-state index contributed by atoms with van der Waals surface area (Å²) in [6.45, 7) is 16.2. The zero-order valence-corrected chi connectivity index (χ0v) is 41.4. The van der Waals surface area contributed by atoms with Gasteiger partial charge >= 0.3 is 11.9 Å². The molecule has 10 nitrogen and oxygen atoms in total. The molecular formula is C52H103NO9. The average molecular weight is 886 g/mol. The maximum atomic E-state index is 12.4. The van der Waals surface area contributed by atoms with Crippen LogP contribution in [0.15, 0.2) is 0 Å². The fraction of sp³-hybridized carbons (Fsp3) is 0.962. The molecule has 62 heavy (non-hydrogen) atoms. The molecule has 0 aliphatic carbocycles. The van der Waals surface area contributed by atoms with Crippen LogP contribution in [0, 0.1) is 0 Å². The molecule has 0 aliphatic heterocycles. The summed E-state index contributed by atoms with van der Waals surface area (Å²) in [4.78, 5) is 27.5. The molecule has 0 unspecified atom stereocenters. The number of rotatable bonds is 52. The van der Waals surface area contributed by atoms with Crippen LogP contribution in [-0.2, 0) is 38.0 Å². The van der Waals surface area contributed by atoms with E-state index in [9.17, 15) is 14.7 Å². The Labute approximate surface area is 383 Å². The van der Waals surface area contributed by atoms with Gasteiger partial charge in [-0.1, -0.05) is 156 Å². The minimum absolute atomic E-state index is 0.146. The van der Waals surface area contributed by atoms with Gasteiger partial charge in [-0.3, -0.25) is 9.59 Å². The molecule has 0 spiro atoms. The van der Waals surface area contributed by atoms with Gasteiger partial charge in [0.15, 0.2) is 12.6 Å². The molecule has 0 saturated carbocycles. The lowest BCUT2D eigenvalue weighted by molar-refractivity contribution is -0.159. The number of hydrogen-bond acceptors (Lipinski definition) is 10. The molecule has 370 valence electrons. The molecule has 0 aromatic rings. The highest BCUT2D eigenvalue weighted by atomic mass is 16.7. The zero-order valence-electron chi connectivity index (χ0n) is 41.4. The Kier molecular flexibility index (Phi) is 49.6. The van der Waals surface area contributed by atoms with Crippen molar-refractivity contribution in [3.05, 3.63) is 0 Å². The van der Waals surface area contributed by atoms with Crippen molar-refractivity contribution in [2.75, 3.05) is 65.9 Å². The molecule has 1 N–H and O–H groups in total. The van der Waals surface area contributed by atoms with Crippen LogP contribution in [0.5, 0.6) is 0 Å². The lowest BCUT2D eigenvalue weighted by Crippen LogP contribution is -2.27. The van der Waals surface area contributed by atoms with E-state index in [-0.39, 0.29) is 31.1 Å². The van der Waals surface area contributed by atoms with E-state index in [2.05, 4.69) is 32.6 Å². The van der Waals surface area contributed by atoms with Gasteiger partial charge in [0.2, 0.25) is 0 Å². The summed E-state index contributed by atoms with van der Waals surface area (Å²) in [5.74, 6) is -0.293. The van der Waals surface area contributed by atoms with Gasteiger partial charge in [-0.2, -0.15) is 0 Å². The van der Waals surface area contributed by atoms with Crippen molar-refractivity contribution >= 4 is 11.9 Å². The molecule has 0 aromatic carbocycles. The first-order valence-corrected chi connectivity index (χ1v) is 26.6. The predicted octanol–water partition coefficient (Wildman–Crippen LogP) is 13.4. The summed E-state index contributed by atoms with van der Waals surface area (Å²) in [7, 11) is 0.